The second-order valence-electron chi connectivity index (χ2n) is 7.59. The van der Waals surface area contributed by atoms with E-state index >= 15 is 0 Å². The topological polar surface area (TPSA) is 38.1 Å². The summed E-state index contributed by atoms with van der Waals surface area (Å²) in [6.07, 6.45) is 2.91. The second kappa shape index (κ2) is 5.97. The molecule has 4 heteroatoms. The van der Waals surface area contributed by atoms with Crippen molar-refractivity contribution in [1.82, 2.24) is 14.5 Å². The van der Waals surface area contributed by atoms with Gasteiger partial charge in [0.1, 0.15) is 5.82 Å². The molecule has 1 saturated carbocycles. The number of likely N-dealkylation sites (tertiary alicyclic amines) is 1. The van der Waals surface area contributed by atoms with Crippen LogP contribution in [0.5, 0.6) is 0 Å². The molecule has 1 saturated heterocycles. The summed E-state index contributed by atoms with van der Waals surface area (Å²) in [5, 5.41) is 0. The van der Waals surface area contributed by atoms with E-state index in [2.05, 4.69) is 58.9 Å². The lowest BCUT2D eigenvalue weighted by molar-refractivity contribution is -0.128. The molecule has 0 bridgehead atoms. The highest BCUT2D eigenvalue weighted by atomic mass is 16.2. The maximum absolute atomic E-state index is 12.5. The normalized spacial score (nSPS) is 21.5. The molecule has 1 aromatic heterocycles. The van der Waals surface area contributed by atoms with Gasteiger partial charge in [0, 0.05) is 24.9 Å². The predicted octanol–water partition coefficient (Wildman–Crippen LogP) is 4.12. The van der Waals surface area contributed by atoms with Gasteiger partial charge in [-0.3, -0.25) is 4.79 Å². The van der Waals surface area contributed by atoms with Gasteiger partial charge in [-0.15, -0.1) is 0 Å². The number of hydrogen-bond acceptors (Lipinski definition) is 2. The largest absolute Gasteiger partial charge is 0.339 e. The zero-order valence-corrected chi connectivity index (χ0v) is 15.0. The Bertz CT molecular complexity index is 958. The van der Waals surface area contributed by atoms with Crippen LogP contribution in [0.25, 0.3) is 11.0 Å². The van der Waals surface area contributed by atoms with Crippen molar-refractivity contribution in [3.05, 3.63) is 66.0 Å². The van der Waals surface area contributed by atoms with Gasteiger partial charge in [0.05, 0.1) is 17.1 Å². The molecule has 2 atom stereocenters. The van der Waals surface area contributed by atoms with E-state index in [-0.39, 0.29) is 12.0 Å². The molecule has 4 nitrogen and oxygen atoms in total. The zero-order chi connectivity index (χ0) is 17.7. The Labute approximate surface area is 153 Å². The molecule has 0 radical (unpaired) electrons. The van der Waals surface area contributed by atoms with Crippen molar-refractivity contribution < 1.29 is 4.79 Å². The predicted molar refractivity (Wildman–Crippen MR) is 102 cm³/mol. The van der Waals surface area contributed by atoms with Gasteiger partial charge < -0.3 is 9.47 Å². The van der Waals surface area contributed by atoms with Crippen LogP contribution in [0.1, 0.15) is 49.5 Å². The maximum atomic E-state index is 12.5. The monoisotopic (exact) mass is 345 g/mol. The fraction of sp³-hybridized carbons (Fsp3) is 0.364. The quantitative estimate of drug-likeness (QED) is 0.713. The van der Waals surface area contributed by atoms with E-state index in [0.29, 0.717) is 18.4 Å². The fourth-order valence-corrected chi connectivity index (χ4v) is 4.28. The van der Waals surface area contributed by atoms with Crippen molar-refractivity contribution in [3.8, 4) is 0 Å². The van der Waals surface area contributed by atoms with Gasteiger partial charge >= 0.3 is 0 Å². The van der Waals surface area contributed by atoms with E-state index in [1.54, 1.807) is 0 Å². The van der Waals surface area contributed by atoms with Gasteiger partial charge in [0.2, 0.25) is 5.91 Å². The minimum absolute atomic E-state index is 0.182. The SMILES string of the molecule is CC(c1ccccc1)n1c(C2CC(=O)N(C3CC3)C2)nc2ccccc21. The van der Waals surface area contributed by atoms with Crippen LogP contribution in [0.3, 0.4) is 0 Å². The first-order valence-electron chi connectivity index (χ1n) is 9.53. The van der Waals surface area contributed by atoms with Crippen molar-refractivity contribution in [3.63, 3.8) is 0 Å². The number of amides is 1. The van der Waals surface area contributed by atoms with Crippen LogP contribution in [0.15, 0.2) is 54.6 Å². The number of nitrogens with zero attached hydrogens (tertiary/aromatic N) is 3. The summed E-state index contributed by atoms with van der Waals surface area (Å²) in [5.41, 5.74) is 3.43. The molecule has 5 rings (SSSR count). The first-order valence-corrected chi connectivity index (χ1v) is 9.53. The van der Waals surface area contributed by atoms with Crippen molar-refractivity contribution in [2.24, 2.45) is 0 Å². The Balaban J connectivity index is 1.60. The lowest BCUT2D eigenvalue weighted by atomic mass is 10.0. The van der Waals surface area contributed by atoms with E-state index in [9.17, 15) is 4.79 Å². The molecule has 26 heavy (non-hydrogen) atoms. The Hall–Kier alpha value is -2.62. The average molecular weight is 345 g/mol. The molecule has 2 heterocycles. The molecule has 2 fully saturated rings. The molecule has 132 valence electrons. The summed E-state index contributed by atoms with van der Waals surface area (Å²) in [6, 6.07) is 19.5. The summed E-state index contributed by atoms with van der Waals surface area (Å²) < 4.78 is 2.35. The number of aromatic nitrogens is 2. The molecular weight excluding hydrogens is 322 g/mol. The van der Waals surface area contributed by atoms with Crippen LogP contribution >= 0.6 is 0 Å². The number of carbonyl (C=O) groups is 1. The summed E-state index contributed by atoms with van der Waals surface area (Å²) in [4.78, 5) is 19.6. The number of imidazole rings is 1. The van der Waals surface area contributed by atoms with E-state index < -0.39 is 0 Å². The summed E-state index contributed by atoms with van der Waals surface area (Å²) in [7, 11) is 0. The van der Waals surface area contributed by atoms with E-state index in [1.165, 1.54) is 5.56 Å². The Morgan fingerprint density at radius 1 is 1.04 bits per heavy atom. The van der Waals surface area contributed by atoms with Gasteiger partial charge in [-0.1, -0.05) is 42.5 Å². The minimum Gasteiger partial charge on any atom is -0.339 e. The van der Waals surface area contributed by atoms with Crippen LogP contribution in [0.4, 0.5) is 0 Å². The molecule has 1 amide bonds. The summed E-state index contributed by atoms with van der Waals surface area (Å²) >= 11 is 0. The molecule has 1 aliphatic heterocycles. The zero-order valence-electron chi connectivity index (χ0n) is 15.0. The van der Waals surface area contributed by atoms with Crippen molar-refractivity contribution in [2.75, 3.05) is 6.54 Å². The van der Waals surface area contributed by atoms with Gasteiger partial charge in [-0.25, -0.2) is 4.98 Å². The number of benzene rings is 2. The molecule has 2 aliphatic rings. The number of hydrogen-bond donors (Lipinski definition) is 0. The second-order valence-corrected chi connectivity index (χ2v) is 7.59. The van der Waals surface area contributed by atoms with Gasteiger partial charge in [0.25, 0.3) is 0 Å². The Morgan fingerprint density at radius 2 is 1.77 bits per heavy atom. The van der Waals surface area contributed by atoms with Crippen molar-refractivity contribution in [2.45, 2.75) is 44.2 Å². The van der Waals surface area contributed by atoms with Gasteiger partial charge in [-0.05, 0) is 37.5 Å². The third-order valence-corrected chi connectivity index (χ3v) is 5.80. The Kier molecular flexibility index (Phi) is 3.59. The van der Waals surface area contributed by atoms with E-state index in [4.69, 9.17) is 4.98 Å². The molecule has 2 aromatic carbocycles. The van der Waals surface area contributed by atoms with Crippen LogP contribution in [-0.4, -0.2) is 32.9 Å². The summed E-state index contributed by atoms with van der Waals surface area (Å²) in [5.74, 6) is 1.53. The third-order valence-electron chi connectivity index (χ3n) is 5.80. The molecule has 0 N–H and O–H groups in total. The first-order chi connectivity index (χ1) is 12.7. The van der Waals surface area contributed by atoms with Crippen molar-refractivity contribution >= 4 is 16.9 Å². The highest BCUT2D eigenvalue weighted by Crippen LogP contribution is 2.38. The van der Waals surface area contributed by atoms with Gasteiger partial charge in [0.15, 0.2) is 0 Å². The average Bonchev–Trinajstić information content (AvgIpc) is 3.33. The number of rotatable bonds is 4. The molecular formula is C22H23N3O. The molecule has 3 aromatic rings. The number of carbonyl (C=O) groups excluding carboxylic acids is 1. The fourth-order valence-electron chi connectivity index (χ4n) is 4.28. The lowest BCUT2D eigenvalue weighted by Gasteiger charge is -2.21. The highest BCUT2D eigenvalue weighted by Gasteiger charge is 2.41. The molecule has 0 spiro atoms. The van der Waals surface area contributed by atoms with Crippen LogP contribution in [-0.2, 0) is 4.79 Å². The lowest BCUT2D eigenvalue weighted by Crippen LogP contribution is -2.27. The standard InChI is InChI=1S/C22H23N3O/c1-15(16-7-3-2-4-8-16)25-20-10-6-5-9-19(20)23-22(25)17-13-21(26)24(14-17)18-11-12-18/h2-10,15,17-18H,11-14H2,1H3. The van der Waals surface area contributed by atoms with Crippen LogP contribution in [0, 0.1) is 0 Å². The Morgan fingerprint density at radius 3 is 2.54 bits per heavy atom. The van der Waals surface area contributed by atoms with E-state index in [1.807, 2.05) is 12.1 Å². The smallest absolute Gasteiger partial charge is 0.223 e. The third kappa shape index (κ3) is 2.52. The maximum Gasteiger partial charge on any atom is 0.223 e. The van der Waals surface area contributed by atoms with Crippen LogP contribution < -0.4 is 0 Å². The summed E-state index contributed by atoms with van der Waals surface area (Å²) in [6.45, 7) is 3.04. The first kappa shape index (κ1) is 15.6. The molecule has 2 unspecified atom stereocenters. The highest BCUT2D eigenvalue weighted by molar-refractivity contribution is 5.81. The molecule has 1 aliphatic carbocycles. The minimum atomic E-state index is 0.182. The number of para-hydroxylation sites is 2. The number of fused-ring (bicyclic) bond motifs is 1. The van der Waals surface area contributed by atoms with Crippen molar-refractivity contribution in [1.29, 1.82) is 0 Å². The van der Waals surface area contributed by atoms with E-state index in [0.717, 1.165) is 36.2 Å². The van der Waals surface area contributed by atoms with Gasteiger partial charge in [-0.2, -0.15) is 0 Å². The van der Waals surface area contributed by atoms with Crippen LogP contribution in [0.2, 0.25) is 0 Å².